The van der Waals surface area contributed by atoms with Gasteiger partial charge in [-0.25, -0.2) is 4.39 Å². The topological polar surface area (TPSA) is 49.4 Å². The summed E-state index contributed by atoms with van der Waals surface area (Å²) in [6, 6.07) is 4.47. The summed E-state index contributed by atoms with van der Waals surface area (Å²) >= 11 is 1.50. The van der Waals surface area contributed by atoms with Crippen LogP contribution < -0.4 is 5.32 Å². The molecule has 2 aliphatic rings. The summed E-state index contributed by atoms with van der Waals surface area (Å²) in [6.07, 6.45) is 3.62. The van der Waals surface area contributed by atoms with E-state index in [0.29, 0.717) is 24.3 Å². The van der Waals surface area contributed by atoms with Crippen LogP contribution in [0, 0.1) is 5.82 Å². The van der Waals surface area contributed by atoms with Crippen LogP contribution in [0.4, 0.5) is 4.39 Å². The summed E-state index contributed by atoms with van der Waals surface area (Å²) in [5.74, 6) is 0.504. The quantitative estimate of drug-likeness (QED) is 0.907. The first-order valence-corrected chi connectivity index (χ1v) is 9.61. The van der Waals surface area contributed by atoms with Crippen LogP contribution in [0.15, 0.2) is 23.1 Å². The fraction of sp³-hybridized carbons (Fsp3) is 0.556. The van der Waals surface area contributed by atoms with Gasteiger partial charge in [0.15, 0.2) is 0 Å². The molecule has 2 heterocycles. The molecule has 130 valence electrons. The second-order valence-corrected chi connectivity index (χ2v) is 7.46. The zero-order valence-electron chi connectivity index (χ0n) is 13.9. The number of amides is 2. The standard InChI is InChI=1S/C18H23FN2O2S/c1-2-5-16(22)21-10-4-8-15(21)18(23)20-14-9-11-24-17-12(14)6-3-7-13(17)19/h3,6-7,14-15H,2,4-5,8-11H2,1H3,(H,20,23). The van der Waals surface area contributed by atoms with E-state index in [1.807, 2.05) is 13.0 Å². The summed E-state index contributed by atoms with van der Waals surface area (Å²) in [5, 5.41) is 3.06. The second-order valence-electron chi connectivity index (χ2n) is 6.35. The summed E-state index contributed by atoms with van der Waals surface area (Å²) in [4.78, 5) is 27.3. The highest BCUT2D eigenvalue weighted by Gasteiger charge is 2.35. The monoisotopic (exact) mass is 350 g/mol. The van der Waals surface area contributed by atoms with Gasteiger partial charge >= 0.3 is 0 Å². The Bertz CT molecular complexity index is 637. The number of hydrogen-bond acceptors (Lipinski definition) is 3. The summed E-state index contributed by atoms with van der Waals surface area (Å²) < 4.78 is 13.9. The lowest BCUT2D eigenvalue weighted by Crippen LogP contribution is -2.47. The largest absolute Gasteiger partial charge is 0.347 e. The summed E-state index contributed by atoms with van der Waals surface area (Å²) in [5.41, 5.74) is 0.851. The van der Waals surface area contributed by atoms with Crippen molar-refractivity contribution in [1.82, 2.24) is 10.2 Å². The van der Waals surface area contributed by atoms with Crippen molar-refractivity contribution in [2.75, 3.05) is 12.3 Å². The third-order valence-electron chi connectivity index (χ3n) is 4.68. The second kappa shape index (κ2) is 7.55. The van der Waals surface area contributed by atoms with Gasteiger partial charge in [0.05, 0.1) is 6.04 Å². The van der Waals surface area contributed by atoms with E-state index < -0.39 is 0 Å². The van der Waals surface area contributed by atoms with E-state index in [1.165, 1.54) is 17.8 Å². The van der Waals surface area contributed by atoms with Crippen molar-refractivity contribution in [3.05, 3.63) is 29.6 Å². The van der Waals surface area contributed by atoms with Gasteiger partial charge in [-0.15, -0.1) is 11.8 Å². The van der Waals surface area contributed by atoms with E-state index >= 15 is 0 Å². The van der Waals surface area contributed by atoms with Crippen molar-refractivity contribution < 1.29 is 14.0 Å². The highest BCUT2D eigenvalue weighted by molar-refractivity contribution is 7.99. The van der Waals surface area contributed by atoms with Crippen LogP contribution in [0.1, 0.15) is 50.6 Å². The molecule has 0 aromatic heterocycles. The molecule has 1 N–H and O–H groups in total. The number of carbonyl (C=O) groups is 2. The Hall–Kier alpha value is -1.56. The Labute approximate surface area is 146 Å². The number of hydrogen-bond donors (Lipinski definition) is 1. The van der Waals surface area contributed by atoms with Crippen LogP contribution in [0.3, 0.4) is 0 Å². The van der Waals surface area contributed by atoms with Crippen LogP contribution in [0.2, 0.25) is 0 Å². The molecule has 1 saturated heterocycles. The lowest BCUT2D eigenvalue weighted by Gasteiger charge is -2.29. The van der Waals surface area contributed by atoms with Gasteiger partial charge in [0.25, 0.3) is 0 Å². The first kappa shape index (κ1) is 17.3. The van der Waals surface area contributed by atoms with Gasteiger partial charge < -0.3 is 10.2 Å². The van der Waals surface area contributed by atoms with Gasteiger partial charge in [-0.3, -0.25) is 9.59 Å². The summed E-state index contributed by atoms with van der Waals surface area (Å²) in [7, 11) is 0. The maximum atomic E-state index is 13.9. The molecule has 24 heavy (non-hydrogen) atoms. The molecule has 2 aliphatic heterocycles. The van der Waals surface area contributed by atoms with Crippen LogP contribution >= 0.6 is 11.8 Å². The zero-order chi connectivity index (χ0) is 17.1. The molecule has 3 rings (SSSR count). The fourth-order valence-corrected chi connectivity index (χ4v) is 4.64. The molecular formula is C18H23FN2O2S. The number of rotatable bonds is 4. The van der Waals surface area contributed by atoms with E-state index in [2.05, 4.69) is 5.32 Å². The van der Waals surface area contributed by atoms with E-state index in [9.17, 15) is 14.0 Å². The number of thioether (sulfide) groups is 1. The minimum Gasteiger partial charge on any atom is -0.347 e. The molecule has 2 atom stereocenters. The maximum Gasteiger partial charge on any atom is 0.243 e. The first-order valence-electron chi connectivity index (χ1n) is 8.63. The van der Waals surface area contributed by atoms with Gasteiger partial charge in [-0.2, -0.15) is 0 Å². The average molecular weight is 350 g/mol. The van der Waals surface area contributed by atoms with Crippen LogP contribution in [-0.2, 0) is 9.59 Å². The predicted octanol–water partition coefficient (Wildman–Crippen LogP) is 3.27. The smallest absolute Gasteiger partial charge is 0.243 e. The minimum absolute atomic E-state index is 0.0563. The zero-order valence-corrected chi connectivity index (χ0v) is 14.7. The highest BCUT2D eigenvalue weighted by atomic mass is 32.2. The van der Waals surface area contributed by atoms with Gasteiger partial charge in [-0.05, 0) is 37.3 Å². The Morgan fingerprint density at radius 2 is 2.21 bits per heavy atom. The molecule has 1 aromatic rings. The molecule has 0 spiro atoms. The highest BCUT2D eigenvalue weighted by Crippen LogP contribution is 2.38. The lowest BCUT2D eigenvalue weighted by atomic mass is 10.0. The Balaban J connectivity index is 1.72. The molecule has 2 unspecified atom stereocenters. The number of carbonyl (C=O) groups excluding carboxylic acids is 2. The molecular weight excluding hydrogens is 327 g/mol. The van der Waals surface area contributed by atoms with Gasteiger partial charge in [0.1, 0.15) is 11.9 Å². The van der Waals surface area contributed by atoms with Crippen molar-refractivity contribution >= 4 is 23.6 Å². The van der Waals surface area contributed by atoms with Crippen molar-refractivity contribution in [3.8, 4) is 0 Å². The van der Waals surface area contributed by atoms with Crippen molar-refractivity contribution in [2.45, 2.75) is 56.0 Å². The first-order chi connectivity index (χ1) is 11.6. The number of nitrogens with zero attached hydrogens (tertiary/aromatic N) is 1. The van der Waals surface area contributed by atoms with Crippen LogP contribution in [-0.4, -0.2) is 35.1 Å². The predicted molar refractivity (Wildman–Crippen MR) is 92.3 cm³/mol. The average Bonchev–Trinajstić information content (AvgIpc) is 3.06. The molecule has 0 bridgehead atoms. The van der Waals surface area contributed by atoms with E-state index in [4.69, 9.17) is 0 Å². The molecule has 0 saturated carbocycles. The van der Waals surface area contributed by atoms with Crippen molar-refractivity contribution in [3.63, 3.8) is 0 Å². The van der Waals surface area contributed by atoms with Crippen LogP contribution in [0.5, 0.6) is 0 Å². The van der Waals surface area contributed by atoms with Crippen molar-refractivity contribution in [2.24, 2.45) is 0 Å². The molecule has 0 radical (unpaired) electrons. The van der Waals surface area contributed by atoms with Gasteiger partial charge in [0.2, 0.25) is 11.8 Å². The van der Waals surface area contributed by atoms with Gasteiger partial charge in [-0.1, -0.05) is 19.1 Å². The maximum absolute atomic E-state index is 13.9. The normalized spacial score (nSPS) is 23.0. The number of nitrogens with one attached hydrogen (secondary N) is 1. The molecule has 6 heteroatoms. The van der Waals surface area contributed by atoms with Gasteiger partial charge in [0, 0.05) is 23.6 Å². The number of halogens is 1. The third kappa shape index (κ3) is 3.43. The SMILES string of the molecule is CCCC(=O)N1CCCC1C(=O)NC1CCSc2c(F)cccc21. The molecule has 1 aromatic carbocycles. The Morgan fingerprint density at radius 3 is 3.00 bits per heavy atom. The molecule has 1 fully saturated rings. The van der Waals surface area contributed by atoms with Crippen molar-refractivity contribution in [1.29, 1.82) is 0 Å². The molecule has 2 amide bonds. The van der Waals surface area contributed by atoms with E-state index in [-0.39, 0.29) is 29.7 Å². The Kier molecular flexibility index (Phi) is 5.43. The van der Waals surface area contributed by atoms with E-state index in [1.54, 1.807) is 11.0 Å². The third-order valence-corrected chi connectivity index (χ3v) is 5.84. The molecule has 4 nitrogen and oxygen atoms in total. The minimum atomic E-state index is -0.379. The Morgan fingerprint density at radius 1 is 1.38 bits per heavy atom. The lowest BCUT2D eigenvalue weighted by molar-refractivity contribution is -0.138. The number of benzene rings is 1. The summed E-state index contributed by atoms with van der Waals surface area (Å²) in [6.45, 7) is 2.62. The van der Waals surface area contributed by atoms with Crippen LogP contribution in [0.25, 0.3) is 0 Å². The molecule has 0 aliphatic carbocycles. The number of fused-ring (bicyclic) bond motifs is 1. The van der Waals surface area contributed by atoms with E-state index in [0.717, 1.165) is 30.6 Å². The number of likely N-dealkylation sites (tertiary alicyclic amines) is 1. The fourth-order valence-electron chi connectivity index (χ4n) is 3.50.